The van der Waals surface area contributed by atoms with Gasteiger partial charge in [-0.15, -0.1) is 0 Å². The Morgan fingerprint density at radius 2 is 1.64 bits per heavy atom. The van der Waals surface area contributed by atoms with E-state index in [4.69, 9.17) is 5.73 Å². The lowest BCUT2D eigenvalue weighted by atomic mass is 10.0. The molecular formula is C17H27N3O2. The van der Waals surface area contributed by atoms with Crippen LogP contribution in [0.15, 0.2) is 30.3 Å². The summed E-state index contributed by atoms with van der Waals surface area (Å²) in [6, 6.07) is 8.00. The lowest BCUT2D eigenvalue weighted by Gasteiger charge is -2.23. The predicted molar refractivity (Wildman–Crippen MR) is 89.3 cm³/mol. The van der Waals surface area contributed by atoms with Gasteiger partial charge in [0.05, 0.1) is 6.04 Å². The molecule has 4 N–H and O–H groups in total. The maximum atomic E-state index is 12.4. The van der Waals surface area contributed by atoms with E-state index in [1.165, 1.54) is 0 Å². The highest BCUT2D eigenvalue weighted by atomic mass is 16.2. The second kappa shape index (κ2) is 8.54. The van der Waals surface area contributed by atoms with Gasteiger partial charge in [0.15, 0.2) is 0 Å². The van der Waals surface area contributed by atoms with Crippen molar-refractivity contribution >= 4 is 17.5 Å². The number of nitrogens with two attached hydrogens (primary N) is 1. The van der Waals surface area contributed by atoms with Gasteiger partial charge in [-0.2, -0.15) is 0 Å². The average Bonchev–Trinajstić information content (AvgIpc) is 2.46. The van der Waals surface area contributed by atoms with Gasteiger partial charge in [0.1, 0.15) is 6.04 Å². The van der Waals surface area contributed by atoms with E-state index in [0.717, 1.165) is 0 Å². The first-order valence-corrected chi connectivity index (χ1v) is 7.73. The Kier molecular flexibility index (Phi) is 7.05. The molecule has 2 amide bonds. The van der Waals surface area contributed by atoms with Crippen molar-refractivity contribution in [3.05, 3.63) is 30.3 Å². The fraction of sp³-hybridized carbons (Fsp3) is 0.529. The van der Waals surface area contributed by atoms with E-state index in [-0.39, 0.29) is 23.7 Å². The number of rotatable bonds is 7. The molecule has 0 aliphatic rings. The summed E-state index contributed by atoms with van der Waals surface area (Å²) in [4.78, 5) is 24.5. The number of carbonyl (C=O) groups excluding carboxylic acids is 2. The average molecular weight is 305 g/mol. The molecule has 0 bridgehead atoms. The van der Waals surface area contributed by atoms with Crippen LogP contribution in [-0.2, 0) is 9.59 Å². The van der Waals surface area contributed by atoms with Crippen molar-refractivity contribution < 1.29 is 9.59 Å². The Morgan fingerprint density at radius 3 is 2.14 bits per heavy atom. The number of hydrogen-bond acceptors (Lipinski definition) is 3. The van der Waals surface area contributed by atoms with Crippen molar-refractivity contribution in [1.82, 2.24) is 5.32 Å². The molecule has 1 rings (SSSR count). The van der Waals surface area contributed by atoms with Crippen LogP contribution in [0.2, 0.25) is 0 Å². The van der Waals surface area contributed by atoms with Crippen LogP contribution in [0.3, 0.4) is 0 Å². The van der Waals surface area contributed by atoms with Crippen LogP contribution in [0.4, 0.5) is 5.69 Å². The number of anilines is 1. The van der Waals surface area contributed by atoms with Crippen LogP contribution in [0, 0.1) is 11.8 Å². The summed E-state index contributed by atoms with van der Waals surface area (Å²) in [6.07, 6.45) is 0.565. The smallest absolute Gasteiger partial charge is 0.246 e. The van der Waals surface area contributed by atoms with Gasteiger partial charge in [-0.25, -0.2) is 0 Å². The highest BCUT2D eigenvalue weighted by Gasteiger charge is 2.25. The third kappa shape index (κ3) is 5.85. The zero-order valence-electron chi connectivity index (χ0n) is 13.8. The summed E-state index contributed by atoms with van der Waals surface area (Å²) in [7, 11) is 0. The van der Waals surface area contributed by atoms with E-state index in [9.17, 15) is 9.59 Å². The maximum absolute atomic E-state index is 12.4. The van der Waals surface area contributed by atoms with E-state index in [0.29, 0.717) is 12.1 Å². The number of nitrogens with one attached hydrogen (secondary N) is 2. The highest BCUT2D eigenvalue weighted by molar-refractivity contribution is 5.97. The molecule has 1 aromatic carbocycles. The summed E-state index contributed by atoms with van der Waals surface area (Å²) in [5, 5.41) is 5.60. The summed E-state index contributed by atoms with van der Waals surface area (Å²) < 4.78 is 0. The molecule has 0 aromatic heterocycles. The van der Waals surface area contributed by atoms with Crippen LogP contribution in [0.1, 0.15) is 34.1 Å². The number of para-hydroxylation sites is 1. The Balaban J connectivity index is 2.75. The fourth-order valence-electron chi connectivity index (χ4n) is 2.02. The van der Waals surface area contributed by atoms with Crippen molar-refractivity contribution in [3.63, 3.8) is 0 Å². The molecule has 0 radical (unpaired) electrons. The molecule has 0 aliphatic carbocycles. The zero-order chi connectivity index (χ0) is 16.7. The summed E-state index contributed by atoms with van der Waals surface area (Å²) in [5.74, 6) is -0.202. The Hall–Kier alpha value is -1.88. The molecule has 1 aromatic rings. The quantitative estimate of drug-likeness (QED) is 0.721. The van der Waals surface area contributed by atoms with Gasteiger partial charge in [0.2, 0.25) is 11.8 Å². The molecule has 0 aliphatic heterocycles. The lowest BCUT2D eigenvalue weighted by molar-refractivity contribution is -0.128. The molecule has 2 atom stereocenters. The minimum Gasteiger partial charge on any atom is -0.343 e. The van der Waals surface area contributed by atoms with Gasteiger partial charge >= 0.3 is 0 Å². The topological polar surface area (TPSA) is 84.2 Å². The zero-order valence-corrected chi connectivity index (χ0v) is 13.8. The van der Waals surface area contributed by atoms with Crippen molar-refractivity contribution in [2.24, 2.45) is 17.6 Å². The summed E-state index contributed by atoms with van der Waals surface area (Å²) >= 11 is 0. The molecular weight excluding hydrogens is 278 g/mol. The molecule has 5 nitrogen and oxygen atoms in total. The van der Waals surface area contributed by atoms with Crippen molar-refractivity contribution in [3.8, 4) is 0 Å². The minimum atomic E-state index is -0.612. The van der Waals surface area contributed by atoms with Gasteiger partial charge in [0, 0.05) is 5.69 Å². The molecule has 5 heteroatoms. The standard InChI is InChI=1S/C17H27N3O2/c1-11(2)10-14(20-17(22)15(18)12(3)4)16(21)19-13-8-6-5-7-9-13/h5-9,11-12,14-15H,10,18H2,1-4H3,(H,19,21)(H,20,22)/t14-,15-/m1/s1. The Morgan fingerprint density at radius 1 is 1.05 bits per heavy atom. The largest absolute Gasteiger partial charge is 0.343 e. The number of amides is 2. The first-order chi connectivity index (χ1) is 10.3. The molecule has 0 unspecified atom stereocenters. The maximum Gasteiger partial charge on any atom is 0.246 e. The molecule has 22 heavy (non-hydrogen) atoms. The normalized spacial score (nSPS) is 13.8. The van der Waals surface area contributed by atoms with Crippen molar-refractivity contribution in [2.75, 3.05) is 5.32 Å². The Labute approximate surface area is 132 Å². The van der Waals surface area contributed by atoms with Crippen LogP contribution in [0.25, 0.3) is 0 Å². The monoisotopic (exact) mass is 305 g/mol. The van der Waals surface area contributed by atoms with Gasteiger partial charge in [-0.1, -0.05) is 45.9 Å². The lowest BCUT2D eigenvalue weighted by Crippen LogP contribution is -2.52. The van der Waals surface area contributed by atoms with Gasteiger partial charge < -0.3 is 16.4 Å². The second-order valence-corrected chi connectivity index (χ2v) is 6.32. The molecule has 122 valence electrons. The minimum absolute atomic E-state index is 0.0249. The molecule has 0 saturated heterocycles. The number of carbonyl (C=O) groups is 2. The van der Waals surface area contributed by atoms with E-state index >= 15 is 0 Å². The van der Waals surface area contributed by atoms with Gasteiger partial charge in [0.25, 0.3) is 0 Å². The molecule has 0 fully saturated rings. The summed E-state index contributed by atoms with van der Waals surface area (Å²) in [6.45, 7) is 7.78. The fourth-order valence-corrected chi connectivity index (χ4v) is 2.02. The first-order valence-electron chi connectivity index (χ1n) is 7.73. The number of hydrogen-bond donors (Lipinski definition) is 3. The van der Waals surface area contributed by atoms with E-state index in [1.807, 2.05) is 58.0 Å². The van der Waals surface area contributed by atoms with Gasteiger partial charge in [-0.3, -0.25) is 9.59 Å². The highest BCUT2D eigenvalue weighted by Crippen LogP contribution is 2.11. The van der Waals surface area contributed by atoms with E-state index < -0.39 is 12.1 Å². The van der Waals surface area contributed by atoms with E-state index in [2.05, 4.69) is 10.6 Å². The first kappa shape index (κ1) is 18.2. The predicted octanol–water partition coefficient (Wildman–Crippen LogP) is 2.14. The number of benzene rings is 1. The van der Waals surface area contributed by atoms with Crippen LogP contribution >= 0.6 is 0 Å². The van der Waals surface area contributed by atoms with Crippen LogP contribution in [0.5, 0.6) is 0 Å². The van der Waals surface area contributed by atoms with Crippen molar-refractivity contribution in [2.45, 2.75) is 46.2 Å². The van der Waals surface area contributed by atoms with Gasteiger partial charge in [-0.05, 0) is 30.4 Å². The molecule has 0 spiro atoms. The third-order valence-electron chi connectivity index (χ3n) is 3.40. The molecule has 0 heterocycles. The van der Waals surface area contributed by atoms with Crippen molar-refractivity contribution in [1.29, 1.82) is 0 Å². The second-order valence-electron chi connectivity index (χ2n) is 6.32. The van der Waals surface area contributed by atoms with Crippen LogP contribution < -0.4 is 16.4 Å². The van der Waals surface area contributed by atoms with E-state index in [1.54, 1.807) is 0 Å². The van der Waals surface area contributed by atoms with Crippen LogP contribution in [-0.4, -0.2) is 23.9 Å². The summed E-state index contributed by atoms with van der Waals surface area (Å²) in [5.41, 5.74) is 6.56. The SMILES string of the molecule is CC(C)C[C@@H](NC(=O)[C@H](N)C(C)C)C(=O)Nc1ccccc1. The molecule has 0 saturated carbocycles. The Bertz CT molecular complexity index is 486. The third-order valence-corrected chi connectivity index (χ3v) is 3.40.